The molecular weight excluding hydrogens is 276 g/mol. The molecule has 5 nitrogen and oxygen atoms in total. The highest BCUT2D eigenvalue weighted by Crippen LogP contribution is 2.26. The molecule has 0 saturated carbocycles. The number of benzene rings is 1. The number of hydrogen-bond donors (Lipinski definition) is 1. The van der Waals surface area contributed by atoms with Crippen LogP contribution in [0, 0.1) is 10.1 Å². The van der Waals surface area contributed by atoms with Gasteiger partial charge in [-0.1, -0.05) is 6.92 Å². The third-order valence-electron chi connectivity index (χ3n) is 2.73. The minimum absolute atomic E-state index is 0.0496. The first-order valence-corrected chi connectivity index (χ1v) is 7.98. The van der Waals surface area contributed by atoms with Crippen molar-refractivity contribution >= 4 is 23.1 Å². The number of nitro groups is 1. The molecule has 0 radical (unpaired) electrons. The molecule has 6 heteroatoms. The van der Waals surface area contributed by atoms with E-state index in [9.17, 15) is 10.1 Å². The van der Waals surface area contributed by atoms with E-state index in [1.807, 2.05) is 18.7 Å². The average molecular weight is 298 g/mol. The third kappa shape index (κ3) is 5.69. The normalized spacial score (nSPS) is 11.9. The molecule has 0 bridgehead atoms. The lowest BCUT2D eigenvalue weighted by molar-refractivity contribution is -0.384. The van der Waals surface area contributed by atoms with E-state index in [1.54, 1.807) is 12.1 Å². The maximum absolute atomic E-state index is 10.9. The smallest absolute Gasteiger partial charge is 0.275 e. The summed E-state index contributed by atoms with van der Waals surface area (Å²) in [6.45, 7) is 6.56. The lowest BCUT2D eigenvalue weighted by Gasteiger charge is -2.15. The van der Waals surface area contributed by atoms with Crippen LogP contribution >= 0.6 is 11.8 Å². The molecule has 1 atom stereocenters. The first-order valence-electron chi connectivity index (χ1n) is 6.83. The fourth-order valence-corrected chi connectivity index (χ4v) is 2.59. The van der Waals surface area contributed by atoms with Crippen LogP contribution in [0.1, 0.15) is 27.2 Å². The second-order valence-electron chi connectivity index (χ2n) is 4.44. The quantitative estimate of drug-likeness (QED) is 0.425. The van der Waals surface area contributed by atoms with Crippen LogP contribution in [-0.4, -0.2) is 29.1 Å². The molecule has 1 N–H and O–H groups in total. The molecule has 0 heterocycles. The Hall–Kier alpha value is -1.43. The second-order valence-corrected chi connectivity index (χ2v) is 5.83. The SMILES string of the molecule is CCOc1cc(NC(C)CCSCC)cc([N+](=O)[O-])c1. The Morgan fingerprint density at radius 3 is 2.75 bits per heavy atom. The van der Waals surface area contributed by atoms with Crippen LogP contribution in [0.5, 0.6) is 5.75 Å². The molecule has 0 aliphatic carbocycles. The van der Waals surface area contributed by atoms with Crippen LogP contribution in [0.25, 0.3) is 0 Å². The van der Waals surface area contributed by atoms with Gasteiger partial charge in [0.25, 0.3) is 5.69 Å². The van der Waals surface area contributed by atoms with Crippen molar-refractivity contribution in [1.29, 1.82) is 0 Å². The maximum atomic E-state index is 10.9. The van der Waals surface area contributed by atoms with Crippen molar-refractivity contribution < 1.29 is 9.66 Å². The molecule has 0 fully saturated rings. The second kappa shape index (κ2) is 8.68. The molecule has 1 aromatic rings. The van der Waals surface area contributed by atoms with Gasteiger partial charge in [-0.05, 0) is 31.8 Å². The van der Waals surface area contributed by atoms with E-state index < -0.39 is 4.92 Å². The van der Waals surface area contributed by atoms with Crippen LogP contribution in [0.4, 0.5) is 11.4 Å². The van der Waals surface area contributed by atoms with Gasteiger partial charge >= 0.3 is 0 Å². The topological polar surface area (TPSA) is 64.4 Å². The Labute approximate surface area is 124 Å². The number of nitrogens with one attached hydrogen (secondary N) is 1. The van der Waals surface area contributed by atoms with Gasteiger partial charge < -0.3 is 10.1 Å². The van der Waals surface area contributed by atoms with Crippen molar-refractivity contribution in [1.82, 2.24) is 0 Å². The Kier molecular flexibility index (Phi) is 7.22. The maximum Gasteiger partial charge on any atom is 0.275 e. The number of hydrogen-bond acceptors (Lipinski definition) is 5. The third-order valence-corrected chi connectivity index (χ3v) is 3.66. The predicted molar refractivity (Wildman–Crippen MR) is 85.0 cm³/mol. The fraction of sp³-hybridized carbons (Fsp3) is 0.571. The van der Waals surface area contributed by atoms with Crippen LogP contribution in [0.2, 0.25) is 0 Å². The van der Waals surface area contributed by atoms with Crippen LogP contribution in [0.3, 0.4) is 0 Å². The van der Waals surface area contributed by atoms with Gasteiger partial charge in [0, 0.05) is 23.9 Å². The van der Waals surface area contributed by atoms with E-state index in [4.69, 9.17) is 4.74 Å². The summed E-state index contributed by atoms with van der Waals surface area (Å²) in [5.41, 5.74) is 0.783. The van der Waals surface area contributed by atoms with E-state index in [0.717, 1.165) is 23.6 Å². The van der Waals surface area contributed by atoms with Gasteiger partial charge in [0.15, 0.2) is 0 Å². The minimum Gasteiger partial charge on any atom is -0.494 e. The number of thioether (sulfide) groups is 1. The molecule has 0 spiro atoms. The van der Waals surface area contributed by atoms with Gasteiger partial charge in [-0.15, -0.1) is 0 Å². The lowest BCUT2D eigenvalue weighted by Crippen LogP contribution is -2.16. The number of ether oxygens (including phenoxy) is 1. The van der Waals surface area contributed by atoms with E-state index in [2.05, 4.69) is 19.2 Å². The molecule has 0 aliphatic rings. The fourth-order valence-electron chi connectivity index (χ4n) is 1.78. The first kappa shape index (κ1) is 16.6. The van der Waals surface area contributed by atoms with Crippen LogP contribution in [0.15, 0.2) is 18.2 Å². The van der Waals surface area contributed by atoms with E-state index in [1.165, 1.54) is 6.07 Å². The highest BCUT2D eigenvalue weighted by molar-refractivity contribution is 7.99. The lowest BCUT2D eigenvalue weighted by atomic mass is 10.2. The van der Waals surface area contributed by atoms with Crippen molar-refractivity contribution in [2.45, 2.75) is 33.2 Å². The number of anilines is 1. The molecule has 0 saturated heterocycles. The molecule has 20 heavy (non-hydrogen) atoms. The summed E-state index contributed by atoms with van der Waals surface area (Å²) < 4.78 is 5.37. The van der Waals surface area contributed by atoms with Crippen LogP contribution < -0.4 is 10.1 Å². The van der Waals surface area contributed by atoms with Gasteiger partial charge in [-0.25, -0.2) is 0 Å². The molecule has 0 aromatic heterocycles. The Balaban J connectivity index is 2.74. The zero-order chi connectivity index (χ0) is 15.0. The largest absolute Gasteiger partial charge is 0.494 e. The van der Waals surface area contributed by atoms with Crippen molar-refractivity contribution in [2.24, 2.45) is 0 Å². The molecular formula is C14H22N2O3S. The monoisotopic (exact) mass is 298 g/mol. The van der Waals surface area contributed by atoms with E-state index in [0.29, 0.717) is 12.4 Å². The summed E-state index contributed by atoms with van der Waals surface area (Å²) in [7, 11) is 0. The number of rotatable bonds is 9. The highest BCUT2D eigenvalue weighted by atomic mass is 32.2. The van der Waals surface area contributed by atoms with Gasteiger partial charge in [0.05, 0.1) is 17.6 Å². The molecule has 1 unspecified atom stereocenters. The minimum atomic E-state index is -0.398. The van der Waals surface area contributed by atoms with Crippen molar-refractivity contribution in [3.05, 3.63) is 28.3 Å². The summed E-state index contributed by atoms with van der Waals surface area (Å²) in [5.74, 6) is 2.72. The Morgan fingerprint density at radius 1 is 1.40 bits per heavy atom. The summed E-state index contributed by atoms with van der Waals surface area (Å²) >= 11 is 1.89. The highest BCUT2D eigenvalue weighted by Gasteiger charge is 2.12. The van der Waals surface area contributed by atoms with E-state index >= 15 is 0 Å². The van der Waals surface area contributed by atoms with Crippen molar-refractivity contribution in [2.75, 3.05) is 23.4 Å². The molecule has 0 aliphatic heterocycles. The van der Waals surface area contributed by atoms with Crippen LogP contribution in [-0.2, 0) is 0 Å². The standard InChI is InChI=1S/C14H22N2O3S/c1-4-19-14-9-12(8-13(10-14)16(17)18)15-11(3)6-7-20-5-2/h8-11,15H,4-7H2,1-3H3. The Morgan fingerprint density at radius 2 is 2.15 bits per heavy atom. The number of nitrogens with zero attached hydrogens (tertiary/aromatic N) is 1. The number of nitro benzene ring substituents is 1. The van der Waals surface area contributed by atoms with Crippen molar-refractivity contribution in [3.8, 4) is 5.75 Å². The van der Waals surface area contributed by atoms with Gasteiger partial charge in [0.2, 0.25) is 0 Å². The summed E-state index contributed by atoms with van der Waals surface area (Å²) in [5, 5.41) is 14.2. The number of non-ortho nitro benzene ring substituents is 1. The molecule has 1 rings (SSSR count). The zero-order valence-electron chi connectivity index (χ0n) is 12.2. The molecule has 112 valence electrons. The average Bonchev–Trinajstić information content (AvgIpc) is 2.39. The molecule has 1 aromatic carbocycles. The molecule has 0 amide bonds. The first-order chi connectivity index (χ1) is 9.56. The van der Waals surface area contributed by atoms with Gasteiger partial charge in [0.1, 0.15) is 5.75 Å². The van der Waals surface area contributed by atoms with Gasteiger partial charge in [-0.2, -0.15) is 11.8 Å². The summed E-state index contributed by atoms with van der Waals surface area (Å²) in [6.07, 6.45) is 1.02. The summed E-state index contributed by atoms with van der Waals surface area (Å²) in [6, 6.07) is 5.07. The summed E-state index contributed by atoms with van der Waals surface area (Å²) in [4.78, 5) is 10.5. The Bertz CT molecular complexity index is 440. The van der Waals surface area contributed by atoms with Gasteiger partial charge in [-0.3, -0.25) is 10.1 Å². The zero-order valence-corrected chi connectivity index (χ0v) is 13.0. The predicted octanol–water partition coefficient (Wildman–Crippen LogP) is 3.94. The van der Waals surface area contributed by atoms with E-state index in [-0.39, 0.29) is 11.7 Å². The van der Waals surface area contributed by atoms with Crippen molar-refractivity contribution in [3.63, 3.8) is 0 Å².